The minimum atomic E-state index is -1.55. The Kier molecular flexibility index (Phi) is 7.37. The molecule has 0 aliphatic carbocycles. The van der Waals surface area contributed by atoms with E-state index in [1.54, 1.807) is 13.8 Å². The van der Waals surface area contributed by atoms with Gasteiger partial charge in [0, 0.05) is 6.42 Å². The zero-order valence-electron chi connectivity index (χ0n) is 12.2. The van der Waals surface area contributed by atoms with Gasteiger partial charge in [0.1, 0.15) is 5.60 Å². The highest BCUT2D eigenvalue weighted by atomic mass is 16.4. The van der Waals surface area contributed by atoms with Gasteiger partial charge in [-0.2, -0.15) is 0 Å². The van der Waals surface area contributed by atoms with Crippen LogP contribution in [0.15, 0.2) is 0 Å². The SMILES string of the molecule is CCCC(O)(CC(C)O)C(O)(CCC)C(O)CC. The van der Waals surface area contributed by atoms with E-state index in [1.165, 1.54) is 0 Å². The second-order valence-corrected chi connectivity index (χ2v) is 5.43. The fraction of sp³-hybridized carbons (Fsp3) is 1.00. The van der Waals surface area contributed by atoms with Crippen molar-refractivity contribution in [2.45, 2.75) is 89.6 Å². The lowest BCUT2D eigenvalue weighted by atomic mass is 9.70. The summed E-state index contributed by atoms with van der Waals surface area (Å²) in [5.41, 5.74) is -3.00. The molecule has 0 spiro atoms. The van der Waals surface area contributed by atoms with Gasteiger partial charge in [-0.25, -0.2) is 0 Å². The first-order valence-corrected chi connectivity index (χ1v) is 7.08. The number of aliphatic hydroxyl groups excluding tert-OH is 2. The van der Waals surface area contributed by atoms with Crippen molar-refractivity contribution in [3.8, 4) is 0 Å². The van der Waals surface area contributed by atoms with Crippen molar-refractivity contribution in [2.24, 2.45) is 0 Å². The Labute approximate surface area is 111 Å². The van der Waals surface area contributed by atoms with Crippen LogP contribution in [0.2, 0.25) is 0 Å². The summed E-state index contributed by atoms with van der Waals surface area (Å²) in [5.74, 6) is 0. The molecule has 0 aromatic heterocycles. The van der Waals surface area contributed by atoms with Crippen LogP contribution in [-0.2, 0) is 0 Å². The van der Waals surface area contributed by atoms with E-state index in [2.05, 4.69) is 0 Å². The molecule has 0 aromatic carbocycles. The first-order chi connectivity index (χ1) is 8.27. The van der Waals surface area contributed by atoms with Crippen LogP contribution in [0.3, 0.4) is 0 Å². The summed E-state index contributed by atoms with van der Waals surface area (Å²) < 4.78 is 0. The third-order valence-electron chi connectivity index (χ3n) is 3.67. The van der Waals surface area contributed by atoms with Gasteiger partial charge < -0.3 is 20.4 Å². The van der Waals surface area contributed by atoms with Crippen LogP contribution in [0, 0.1) is 0 Å². The molecule has 0 aliphatic heterocycles. The summed E-state index contributed by atoms with van der Waals surface area (Å²) in [6.45, 7) is 7.19. The maximum Gasteiger partial charge on any atom is 0.119 e. The molecule has 0 saturated heterocycles. The van der Waals surface area contributed by atoms with E-state index in [0.717, 1.165) is 0 Å². The van der Waals surface area contributed by atoms with Crippen LogP contribution in [0.5, 0.6) is 0 Å². The quantitative estimate of drug-likeness (QED) is 0.509. The molecule has 110 valence electrons. The maximum absolute atomic E-state index is 10.8. The lowest BCUT2D eigenvalue weighted by Gasteiger charge is -2.47. The zero-order chi connectivity index (χ0) is 14.4. The molecule has 4 N–H and O–H groups in total. The number of hydrogen-bond acceptors (Lipinski definition) is 4. The molecule has 0 fully saturated rings. The van der Waals surface area contributed by atoms with E-state index < -0.39 is 23.4 Å². The maximum atomic E-state index is 10.8. The molecule has 0 heterocycles. The fourth-order valence-electron chi connectivity index (χ4n) is 2.83. The second kappa shape index (κ2) is 7.43. The van der Waals surface area contributed by atoms with Crippen LogP contribution < -0.4 is 0 Å². The highest BCUT2D eigenvalue weighted by Gasteiger charge is 2.52. The van der Waals surface area contributed by atoms with E-state index in [4.69, 9.17) is 0 Å². The van der Waals surface area contributed by atoms with Crippen LogP contribution in [0.25, 0.3) is 0 Å². The Morgan fingerprint density at radius 3 is 1.78 bits per heavy atom. The molecule has 0 radical (unpaired) electrons. The van der Waals surface area contributed by atoms with Gasteiger partial charge in [0.2, 0.25) is 0 Å². The highest BCUT2D eigenvalue weighted by Crippen LogP contribution is 2.38. The highest BCUT2D eigenvalue weighted by molar-refractivity contribution is 5.04. The number of hydrogen-bond donors (Lipinski definition) is 4. The molecular formula is C14H30O4. The van der Waals surface area contributed by atoms with E-state index >= 15 is 0 Å². The lowest BCUT2D eigenvalue weighted by Crippen LogP contribution is -2.62. The van der Waals surface area contributed by atoms with Gasteiger partial charge in [-0.15, -0.1) is 0 Å². The lowest BCUT2D eigenvalue weighted by molar-refractivity contribution is -0.219. The third-order valence-corrected chi connectivity index (χ3v) is 3.67. The average Bonchev–Trinajstić information content (AvgIpc) is 2.27. The standard InChI is InChI=1S/C14H30O4/c1-5-8-13(17,10-11(4)15)14(18,9-6-2)12(16)7-3/h11-12,15-18H,5-10H2,1-4H3. The largest absolute Gasteiger partial charge is 0.393 e. The van der Waals surface area contributed by atoms with Crippen molar-refractivity contribution >= 4 is 0 Å². The Morgan fingerprint density at radius 2 is 1.44 bits per heavy atom. The van der Waals surface area contributed by atoms with E-state index in [9.17, 15) is 20.4 Å². The molecule has 0 bridgehead atoms. The Bertz CT molecular complexity index is 232. The fourth-order valence-corrected chi connectivity index (χ4v) is 2.83. The zero-order valence-corrected chi connectivity index (χ0v) is 12.2. The summed E-state index contributed by atoms with van der Waals surface area (Å²) >= 11 is 0. The van der Waals surface area contributed by atoms with Gasteiger partial charge in [-0.3, -0.25) is 0 Å². The first-order valence-electron chi connectivity index (χ1n) is 7.08. The Balaban J connectivity index is 5.32. The molecule has 4 atom stereocenters. The van der Waals surface area contributed by atoms with Gasteiger partial charge in [0.05, 0.1) is 17.8 Å². The predicted molar refractivity (Wildman–Crippen MR) is 72.3 cm³/mol. The number of aliphatic hydroxyl groups is 4. The normalized spacial score (nSPS) is 22.0. The predicted octanol–water partition coefficient (Wildman–Crippen LogP) is 1.59. The van der Waals surface area contributed by atoms with Crippen LogP contribution >= 0.6 is 0 Å². The molecule has 0 rings (SSSR count). The second-order valence-electron chi connectivity index (χ2n) is 5.43. The van der Waals surface area contributed by atoms with Crippen molar-refractivity contribution < 1.29 is 20.4 Å². The van der Waals surface area contributed by atoms with Crippen LogP contribution in [0.4, 0.5) is 0 Å². The minimum Gasteiger partial charge on any atom is -0.393 e. The van der Waals surface area contributed by atoms with Crippen molar-refractivity contribution in [3.05, 3.63) is 0 Å². The van der Waals surface area contributed by atoms with Gasteiger partial charge in [-0.1, -0.05) is 33.6 Å². The Morgan fingerprint density at radius 1 is 0.944 bits per heavy atom. The summed E-state index contributed by atoms with van der Waals surface area (Å²) in [4.78, 5) is 0. The van der Waals surface area contributed by atoms with Crippen molar-refractivity contribution in [1.29, 1.82) is 0 Å². The van der Waals surface area contributed by atoms with Crippen molar-refractivity contribution in [2.75, 3.05) is 0 Å². The summed E-state index contributed by atoms with van der Waals surface area (Å²) in [7, 11) is 0. The molecule has 0 saturated carbocycles. The molecule has 18 heavy (non-hydrogen) atoms. The molecule has 0 amide bonds. The van der Waals surface area contributed by atoms with E-state index in [-0.39, 0.29) is 6.42 Å². The van der Waals surface area contributed by atoms with Gasteiger partial charge >= 0.3 is 0 Å². The molecule has 0 aliphatic rings. The molecule has 4 unspecified atom stereocenters. The number of rotatable bonds is 9. The molecule has 4 heteroatoms. The Hall–Kier alpha value is -0.160. The average molecular weight is 262 g/mol. The van der Waals surface area contributed by atoms with Crippen molar-refractivity contribution in [3.63, 3.8) is 0 Å². The van der Waals surface area contributed by atoms with Gasteiger partial charge in [-0.05, 0) is 26.2 Å². The summed E-state index contributed by atoms with van der Waals surface area (Å²) in [6.07, 6.45) is 0.806. The smallest absolute Gasteiger partial charge is 0.119 e. The summed E-state index contributed by atoms with van der Waals surface area (Å²) in [5, 5.41) is 41.2. The van der Waals surface area contributed by atoms with Gasteiger partial charge in [0.15, 0.2) is 0 Å². The molecule has 4 nitrogen and oxygen atoms in total. The summed E-state index contributed by atoms with van der Waals surface area (Å²) in [6, 6.07) is 0. The molecule has 0 aromatic rings. The topological polar surface area (TPSA) is 80.9 Å². The van der Waals surface area contributed by atoms with Crippen LogP contribution in [-0.4, -0.2) is 43.8 Å². The van der Waals surface area contributed by atoms with Crippen LogP contribution in [0.1, 0.15) is 66.2 Å². The van der Waals surface area contributed by atoms with Crippen molar-refractivity contribution in [1.82, 2.24) is 0 Å². The molecular weight excluding hydrogens is 232 g/mol. The minimum absolute atomic E-state index is 0.0778. The third kappa shape index (κ3) is 3.92. The first kappa shape index (κ1) is 17.8. The monoisotopic (exact) mass is 262 g/mol. The van der Waals surface area contributed by atoms with E-state index in [1.807, 2.05) is 13.8 Å². The van der Waals surface area contributed by atoms with E-state index in [0.29, 0.717) is 32.1 Å². The van der Waals surface area contributed by atoms with Gasteiger partial charge in [0.25, 0.3) is 0 Å².